The maximum Gasteiger partial charge on any atom is 0.407 e. The molecule has 14 heteroatoms. The lowest BCUT2D eigenvalue weighted by Crippen LogP contribution is -2.46. The van der Waals surface area contributed by atoms with Crippen LogP contribution in [-0.2, 0) is 14.3 Å². The molecule has 7 rings (SSSR count). The van der Waals surface area contributed by atoms with E-state index in [2.05, 4.69) is 61.4 Å². The van der Waals surface area contributed by atoms with Crippen LogP contribution >= 0.6 is 0 Å². The Morgan fingerprint density at radius 3 is 1.83 bits per heavy atom. The first-order valence-corrected chi connectivity index (χ1v) is 18.3. The van der Waals surface area contributed by atoms with Crippen molar-refractivity contribution in [1.29, 1.82) is 0 Å². The largest absolute Gasteiger partial charge is 0.465 e. The van der Waals surface area contributed by atoms with Gasteiger partial charge < -0.3 is 39.8 Å². The van der Waals surface area contributed by atoms with E-state index in [1.54, 1.807) is 25.1 Å². The summed E-state index contributed by atoms with van der Waals surface area (Å²) in [5, 5.41) is 12.1. The maximum atomic E-state index is 13.7. The Balaban J connectivity index is 0.991. The predicted molar refractivity (Wildman–Crippen MR) is 196 cm³/mol. The van der Waals surface area contributed by atoms with Crippen LogP contribution in [0, 0.1) is 5.92 Å². The Hall–Kier alpha value is -5.66. The molecule has 0 bridgehead atoms. The van der Waals surface area contributed by atoms with Crippen LogP contribution in [0.25, 0.3) is 33.6 Å². The van der Waals surface area contributed by atoms with E-state index in [-0.39, 0.29) is 35.9 Å². The van der Waals surface area contributed by atoms with Crippen molar-refractivity contribution in [2.75, 3.05) is 27.2 Å². The molecule has 4 amide bonds. The van der Waals surface area contributed by atoms with Gasteiger partial charge in [0.2, 0.25) is 11.8 Å². The zero-order chi connectivity index (χ0) is 37.2. The fraction of sp³-hybridized carbons (Fsp3) is 0.436. The average molecular weight is 723 g/mol. The summed E-state index contributed by atoms with van der Waals surface area (Å²) in [6.07, 6.45) is 7.55. The second-order valence-electron chi connectivity index (χ2n) is 14.3. The van der Waals surface area contributed by atoms with Crippen LogP contribution in [0.2, 0.25) is 0 Å². The van der Waals surface area contributed by atoms with Crippen LogP contribution in [0.1, 0.15) is 75.6 Å². The summed E-state index contributed by atoms with van der Waals surface area (Å²) in [7, 11) is 2.83. The Bertz CT molecular complexity index is 1960. The van der Waals surface area contributed by atoms with E-state index in [1.165, 1.54) is 12.0 Å². The van der Waals surface area contributed by atoms with Gasteiger partial charge in [0.05, 0.1) is 48.9 Å². The number of amides is 4. The van der Waals surface area contributed by atoms with E-state index in [4.69, 9.17) is 4.98 Å². The number of hydrogen-bond donors (Lipinski definition) is 4. The van der Waals surface area contributed by atoms with Crippen molar-refractivity contribution < 1.29 is 29.0 Å². The quantitative estimate of drug-likeness (QED) is 0.163. The van der Waals surface area contributed by atoms with Gasteiger partial charge in [-0.2, -0.15) is 0 Å². The van der Waals surface area contributed by atoms with Gasteiger partial charge >= 0.3 is 12.2 Å². The fourth-order valence-corrected chi connectivity index (χ4v) is 8.21. The third-order valence-corrected chi connectivity index (χ3v) is 11.1. The van der Waals surface area contributed by atoms with E-state index < -0.39 is 18.2 Å². The van der Waals surface area contributed by atoms with E-state index in [9.17, 15) is 24.3 Å². The van der Waals surface area contributed by atoms with Gasteiger partial charge in [-0.05, 0) is 67.7 Å². The van der Waals surface area contributed by atoms with Crippen molar-refractivity contribution >= 4 is 24.0 Å². The minimum Gasteiger partial charge on any atom is -0.465 e. The van der Waals surface area contributed by atoms with Gasteiger partial charge in [0.25, 0.3) is 0 Å². The second kappa shape index (κ2) is 15.1. The van der Waals surface area contributed by atoms with Crippen LogP contribution in [0.15, 0.2) is 60.9 Å². The zero-order valence-corrected chi connectivity index (χ0v) is 30.2. The number of alkyl carbamates (subject to hydrolysis) is 1. The molecular weight excluding hydrogens is 676 g/mol. The number of hydrogen-bond acceptors (Lipinski definition) is 7. The number of nitrogens with one attached hydrogen (secondary N) is 3. The van der Waals surface area contributed by atoms with Crippen molar-refractivity contribution in [3.63, 3.8) is 0 Å². The van der Waals surface area contributed by atoms with Gasteiger partial charge in [-0.15, -0.1) is 0 Å². The van der Waals surface area contributed by atoms with Crippen LogP contribution in [-0.4, -0.2) is 103 Å². The normalized spacial score (nSPS) is 21.8. The first kappa shape index (κ1) is 35.7. The fourth-order valence-electron chi connectivity index (χ4n) is 8.21. The van der Waals surface area contributed by atoms with Crippen molar-refractivity contribution in [3.8, 4) is 33.6 Å². The topological polar surface area (TPSA) is 177 Å². The Morgan fingerprint density at radius 2 is 1.30 bits per heavy atom. The summed E-state index contributed by atoms with van der Waals surface area (Å²) in [6, 6.07) is 15.1. The van der Waals surface area contributed by atoms with Crippen LogP contribution in [0.5, 0.6) is 0 Å². The lowest BCUT2D eigenvalue weighted by molar-refractivity contribution is -0.138. The van der Waals surface area contributed by atoms with Gasteiger partial charge in [0.15, 0.2) is 0 Å². The Kier molecular flexibility index (Phi) is 10.2. The van der Waals surface area contributed by atoms with Crippen molar-refractivity contribution in [2.45, 2.75) is 76.0 Å². The van der Waals surface area contributed by atoms with Gasteiger partial charge in [-0.25, -0.2) is 19.6 Å². The number of nitrogens with zero attached hydrogens (tertiary/aromatic N) is 5. The molecular formula is C39H46N8O6. The standard InChI is InChI=1S/C39H46N8O6/c1-23(42-38(50)53-3)36(48)46-19-5-9-32(46)34-40-21-29(43-34)26-15-11-24(12-16-26)25-13-17-27(18-14-25)30-22-41-35(44-30)33-10-6-20-47(33)37(49)28-7-4-8-31(28)45(2)39(51)52/h11-18,21-23,28,31-33H,4-10,19-20H2,1-3H3,(H,40,43)(H,41,44)(H,42,50)(H,51,52)/t23-,28+,31+,32-,33-/m0/s1. The molecule has 53 heavy (non-hydrogen) atoms. The minimum atomic E-state index is -0.999. The monoisotopic (exact) mass is 722 g/mol. The Morgan fingerprint density at radius 1 is 0.792 bits per heavy atom. The van der Waals surface area contributed by atoms with Crippen LogP contribution in [0.3, 0.4) is 0 Å². The molecule has 4 aromatic rings. The molecule has 2 aromatic carbocycles. The number of imidazole rings is 2. The van der Waals surface area contributed by atoms with Gasteiger partial charge in [-0.3, -0.25) is 9.59 Å². The molecule has 0 unspecified atom stereocenters. The maximum absolute atomic E-state index is 13.7. The number of carbonyl (C=O) groups is 4. The summed E-state index contributed by atoms with van der Waals surface area (Å²) >= 11 is 0. The lowest BCUT2D eigenvalue weighted by Gasteiger charge is -2.32. The number of benzene rings is 2. The van der Waals surface area contributed by atoms with E-state index in [1.807, 2.05) is 23.2 Å². The van der Waals surface area contributed by atoms with Crippen molar-refractivity contribution in [2.24, 2.45) is 5.92 Å². The Labute approximate surface area is 307 Å². The predicted octanol–water partition coefficient (Wildman–Crippen LogP) is 5.98. The average Bonchev–Trinajstić information content (AvgIpc) is 4.03. The number of likely N-dealkylation sites (tertiary alicyclic amines) is 2. The highest BCUT2D eigenvalue weighted by molar-refractivity contribution is 5.86. The number of methoxy groups -OCH3 is 1. The zero-order valence-electron chi connectivity index (χ0n) is 30.2. The lowest BCUT2D eigenvalue weighted by atomic mass is 10.00. The van der Waals surface area contributed by atoms with E-state index >= 15 is 0 Å². The summed E-state index contributed by atoms with van der Waals surface area (Å²) in [4.78, 5) is 71.2. The number of carboxylic acid groups (broad SMARTS) is 1. The van der Waals surface area contributed by atoms with Crippen LogP contribution in [0.4, 0.5) is 9.59 Å². The molecule has 0 radical (unpaired) electrons. The van der Waals surface area contributed by atoms with E-state index in [0.717, 1.165) is 77.4 Å². The first-order chi connectivity index (χ1) is 25.6. The molecule has 4 heterocycles. The van der Waals surface area contributed by atoms with Crippen molar-refractivity contribution in [1.82, 2.24) is 40.0 Å². The summed E-state index contributed by atoms with van der Waals surface area (Å²) in [5.74, 6) is 1.01. The minimum absolute atomic E-state index is 0.0258. The molecule has 1 saturated carbocycles. The number of carbonyl (C=O) groups excluding carboxylic acids is 3. The molecule has 278 valence electrons. The SMILES string of the molecule is COC(=O)N[C@@H](C)C(=O)N1CCC[C@H]1c1ncc(-c2ccc(-c3ccc(-c4cnc([C@@H]5CCCN5C(=O)[C@@H]5CCC[C@H]5N(C)C(=O)O)[nH]4)cc3)cc2)[nH]1. The van der Waals surface area contributed by atoms with E-state index in [0.29, 0.717) is 25.9 Å². The number of H-pyrrole nitrogens is 2. The number of aromatic nitrogens is 4. The second-order valence-corrected chi connectivity index (χ2v) is 14.3. The highest BCUT2D eigenvalue weighted by atomic mass is 16.5. The third-order valence-electron chi connectivity index (χ3n) is 11.1. The van der Waals surface area contributed by atoms with Crippen LogP contribution < -0.4 is 5.32 Å². The molecule has 1 aliphatic carbocycles. The van der Waals surface area contributed by atoms with Gasteiger partial charge in [-0.1, -0.05) is 55.0 Å². The highest BCUT2D eigenvalue weighted by Crippen LogP contribution is 2.38. The number of rotatable bonds is 9. The summed E-state index contributed by atoms with van der Waals surface area (Å²) in [5.41, 5.74) is 5.81. The molecule has 5 atom stereocenters. The summed E-state index contributed by atoms with van der Waals surface area (Å²) < 4.78 is 4.64. The molecule has 4 N–H and O–H groups in total. The van der Waals surface area contributed by atoms with Gasteiger partial charge in [0, 0.05) is 26.2 Å². The summed E-state index contributed by atoms with van der Waals surface area (Å²) in [6.45, 7) is 2.89. The highest BCUT2D eigenvalue weighted by Gasteiger charge is 2.43. The van der Waals surface area contributed by atoms with Crippen molar-refractivity contribution in [3.05, 3.63) is 72.6 Å². The molecule has 0 spiro atoms. The number of aromatic amines is 2. The number of ether oxygens (including phenoxy) is 1. The first-order valence-electron chi connectivity index (χ1n) is 18.3. The smallest absolute Gasteiger partial charge is 0.407 e. The third kappa shape index (κ3) is 7.22. The molecule has 2 aromatic heterocycles. The molecule has 3 fully saturated rings. The van der Waals surface area contributed by atoms with Gasteiger partial charge in [0.1, 0.15) is 17.7 Å². The molecule has 3 aliphatic rings. The molecule has 2 aliphatic heterocycles. The molecule has 14 nitrogen and oxygen atoms in total. The molecule has 2 saturated heterocycles.